The van der Waals surface area contributed by atoms with E-state index in [2.05, 4.69) is 18.8 Å². The van der Waals surface area contributed by atoms with E-state index in [9.17, 15) is 9.59 Å². The van der Waals surface area contributed by atoms with Gasteiger partial charge in [0.15, 0.2) is 0 Å². The maximum atomic E-state index is 12.2. The molecule has 1 aromatic rings. The monoisotopic (exact) mass is 262 g/mol. The minimum absolute atomic E-state index is 0.0946. The highest BCUT2D eigenvalue weighted by Crippen LogP contribution is 2.23. The molecule has 0 aromatic carbocycles. The number of carbonyl (C=O) groups is 2. The lowest BCUT2D eigenvalue weighted by Gasteiger charge is -2.35. The average molecular weight is 262 g/mol. The third kappa shape index (κ3) is 2.92. The van der Waals surface area contributed by atoms with E-state index in [0.29, 0.717) is 17.5 Å². The van der Waals surface area contributed by atoms with E-state index in [1.807, 2.05) is 0 Å². The first-order valence-electron chi connectivity index (χ1n) is 6.47. The van der Waals surface area contributed by atoms with Gasteiger partial charge in [-0.15, -0.1) is 0 Å². The molecule has 1 aliphatic heterocycles. The maximum absolute atomic E-state index is 12.2. The number of carboxylic acids is 1. The van der Waals surface area contributed by atoms with Crippen LogP contribution in [0.5, 0.6) is 0 Å². The number of likely N-dealkylation sites (tertiary alicyclic amines) is 1. The van der Waals surface area contributed by atoms with Crippen molar-refractivity contribution in [3.8, 4) is 0 Å². The Morgan fingerprint density at radius 2 is 2.05 bits per heavy atom. The summed E-state index contributed by atoms with van der Waals surface area (Å²) in [5, 5.41) is 8.79. The van der Waals surface area contributed by atoms with Crippen LogP contribution in [0.1, 0.15) is 41.1 Å². The van der Waals surface area contributed by atoms with E-state index < -0.39 is 5.97 Å². The molecule has 0 radical (unpaired) electrons. The highest BCUT2D eigenvalue weighted by Gasteiger charge is 2.27. The summed E-state index contributed by atoms with van der Waals surface area (Å²) in [6.45, 7) is 5.83. The minimum Gasteiger partial charge on any atom is -0.478 e. The first kappa shape index (κ1) is 13.5. The molecule has 1 aromatic heterocycles. The first-order valence-corrected chi connectivity index (χ1v) is 6.47. The second kappa shape index (κ2) is 5.38. The van der Waals surface area contributed by atoms with E-state index in [1.165, 1.54) is 18.3 Å². The van der Waals surface area contributed by atoms with Crippen molar-refractivity contribution in [2.45, 2.75) is 20.3 Å². The van der Waals surface area contributed by atoms with Crippen LogP contribution < -0.4 is 0 Å². The number of pyridine rings is 1. The summed E-state index contributed by atoms with van der Waals surface area (Å²) in [4.78, 5) is 28.7. The van der Waals surface area contributed by atoms with Crippen molar-refractivity contribution in [2.24, 2.45) is 11.8 Å². The number of aromatic carboxylic acids is 1. The zero-order chi connectivity index (χ0) is 14.0. The van der Waals surface area contributed by atoms with Crippen LogP contribution in [0.4, 0.5) is 0 Å². The van der Waals surface area contributed by atoms with Gasteiger partial charge in [0.2, 0.25) is 0 Å². The Kier molecular flexibility index (Phi) is 3.83. The molecule has 5 heteroatoms. The van der Waals surface area contributed by atoms with Gasteiger partial charge in [-0.3, -0.25) is 9.78 Å². The number of rotatable bonds is 2. The number of amides is 1. The Hall–Kier alpha value is -1.91. The normalized spacial score (nSPS) is 23.2. The Bertz CT molecular complexity index is 484. The molecule has 2 unspecified atom stereocenters. The maximum Gasteiger partial charge on any atom is 0.337 e. The number of hydrogen-bond donors (Lipinski definition) is 1. The van der Waals surface area contributed by atoms with Crippen molar-refractivity contribution in [3.05, 3.63) is 29.6 Å². The lowest BCUT2D eigenvalue weighted by atomic mass is 9.88. The number of piperidine rings is 1. The molecule has 0 saturated carbocycles. The molecule has 1 N–H and O–H groups in total. The Morgan fingerprint density at radius 3 is 2.58 bits per heavy atom. The molecule has 1 fully saturated rings. The molecular weight excluding hydrogens is 244 g/mol. The van der Waals surface area contributed by atoms with E-state index in [-0.39, 0.29) is 11.5 Å². The van der Waals surface area contributed by atoms with Gasteiger partial charge in [-0.2, -0.15) is 0 Å². The zero-order valence-electron chi connectivity index (χ0n) is 11.2. The van der Waals surface area contributed by atoms with Crippen molar-refractivity contribution in [2.75, 3.05) is 13.1 Å². The van der Waals surface area contributed by atoms with Gasteiger partial charge in [-0.1, -0.05) is 13.8 Å². The smallest absolute Gasteiger partial charge is 0.337 e. The number of carboxylic acid groups (broad SMARTS) is 1. The molecule has 2 rings (SSSR count). The third-order valence-electron chi connectivity index (χ3n) is 3.85. The van der Waals surface area contributed by atoms with Gasteiger partial charge >= 0.3 is 5.97 Å². The summed E-state index contributed by atoms with van der Waals surface area (Å²) in [7, 11) is 0. The molecular formula is C14H18N2O3. The van der Waals surface area contributed by atoms with Crippen LogP contribution in [-0.4, -0.2) is 40.0 Å². The molecule has 1 amide bonds. The molecule has 102 valence electrons. The Balaban J connectivity index is 2.09. The summed E-state index contributed by atoms with van der Waals surface area (Å²) in [6.07, 6.45) is 2.23. The third-order valence-corrected chi connectivity index (χ3v) is 3.85. The Labute approximate surface area is 112 Å². The second-order valence-electron chi connectivity index (χ2n) is 5.23. The molecule has 1 saturated heterocycles. The van der Waals surface area contributed by atoms with Crippen molar-refractivity contribution < 1.29 is 14.7 Å². The van der Waals surface area contributed by atoms with Crippen LogP contribution >= 0.6 is 0 Å². The number of nitrogens with zero attached hydrogens (tertiary/aromatic N) is 2. The van der Waals surface area contributed by atoms with E-state index >= 15 is 0 Å². The largest absolute Gasteiger partial charge is 0.478 e. The topological polar surface area (TPSA) is 70.5 Å². The molecule has 2 atom stereocenters. The fourth-order valence-electron chi connectivity index (χ4n) is 2.26. The molecule has 0 aliphatic carbocycles. The average Bonchev–Trinajstić information content (AvgIpc) is 2.41. The molecule has 5 nitrogen and oxygen atoms in total. The first-order chi connectivity index (χ1) is 8.99. The van der Waals surface area contributed by atoms with Gasteiger partial charge in [0.05, 0.1) is 5.56 Å². The van der Waals surface area contributed by atoms with Gasteiger partial charge in [0, 0.05) is 19.3 Å². The fourth-order valence-corrected chi connectivity index (χ4v) is 2.26. The van der Waals surface area contributed by atoms with Crippen LogP contribution in [0.2, 0.25) is 0 Å². The van der Waals surface area contributed by atoms with E-state index in [1.54, 1.807) is 4.90 Å². The van der Waals surface area contributed by atoms with Crippen LogP contribution in [-0.2, 0) is 0 Å². The van der Waals surface area contributed by atoms with E-state index in [0.717, 1.165) is 19.5 Å². The SMILES string of the molecule is CC1CCN(C(=O)c2ccc(C(=O)O)cn2)CC1C. The van der Waals surface area contributed by atoms with Crippen LogP contribution in [0.25, 0.3) is 0 Å². The van der Waals surface area contributed by atoms with Gasteiger partial charge in [0.1, 0.15) is 5.69 Å². The molecule has 0 bridgehead atoms. The zero-order valence-corrected chi connectivity index (χ0v) is 11.2. The summed E-state index contributed by atoms with van der Waals surface area (Å²) in [5.41, 5.74) is 0.406. The molecule has 1 aliphatic rings. The lowest BCUT2D eigenvalue weighted by molar-refractivity contribution is 0.0619. The van der Waals surface area contributed by atoms with Crippen molar-refractivity contribution in [1.82, 2.24) is 9.88 Å². The molecule has 2 heterocycles. The quantitative estimate of drug-likeness (QED) is 0.883. The lowest BCUT2D eigenvalue weighted by Crippen LogP contribution is -2.42. The summed E-state index contributed by atoms with van der Waals surface area (Å²) in [6, 6.07) is 2.90. The minimum atomic E-state index is -1.04. The van der Waals surface area contributed by atoms with Crippen molar-refractivity contribution >= 4 is 11.9 Å². The van der Waals surface area contributed by atoms with Gasteiger partial charge in [-0.05, 0) is 30.4 Å². The molecule has 0 spiro atoms. The number of carbonyl (C=O) groups excluding carboxylic acids is 1. The number of aromatic nitrogens is 1. The van der Waals surface area contributed by atoms with E-state index in [4.69, 9.17) is 5.11 Å². The van der Waals surface area contributed by atoms with Crippen LogP contribution in [0.3, 0.4) is 0 Å². The van der Waals surface area contributed by atoms with Crippen molar-refractivity contribution in [1.29, 1.82) is 0 Å². The predicted octanol–water partition coefficient (Wildman–Crippen LogP) is 1.90. The summed E-state index contributed by atoms with van der Waals surface area (Å²) >= 11 is 0. The number of hydrogen-bond acceptors (Lipinski definition) is 3. The molecule has 19 heavy (non-hydrogen) atoms. The summed E-state index contributed by atoms with van der Waals surface area (Å²) < 4.78 is 0. The van der Waals surface area contributed by atoms with Crippen molar-refractivity contribution in [3.63, 3.8) is 0 Å². The van der Waals surface area contributed by atoms with Gasteiger partial charge < -0.3 is 10.0 Å². The fraction of sp³-hybridized carbons (Fsp3) is 0.500. The van der Waals surface area contributed by atoms with Crippen LogP contribution in [0, 0.1) is 11.8 Å². The Morgan fingerprint density at radius 1 is 1.32 bits per heavy atom. The van der Waals surface area contributed by atoms with Crippen LogP contribution in [0.15, 0.2) is 18.3 Å². The summed E-state index contributed by atoms with van der Waals surface area (Å²) in [5.74, 6) is -0.0370. The highest BCUT2D eigenvalue weighted by atomic mass is 16.4. The van der Waals surface area contributed by atoms with Gasteiger partial charge in [0.25, 0.3) is 5.91 Å². The standard InChI is InChI=1S/C14H18N2O3/c1-9-5-6-16(8-10(9)2)13(17)12-4-3-11(7-15-12)14(18)19/h3-4,7,9-10H,5-6,8H2,1-2H3,(H,18,19). The highest BCUT2D eigenvalue weighted by molar-refractivity contribution is 5.93. The predicted molar refractivity (Wildman–Crippen MR) is 70.0 cm³/mol. The second-order valence-corrected chi connectivity index (χ2v) is 5.23. The van der Waals surface area contributed by atoms with Gasteiger partial charge in [-0.25, -0.2) is 4.79 Å².